The zero-order valence-electron chi connectivity index (χ0n) is 18.4. The molecular formula is C23H30N2O5S. The second kappa shape index (κ2) is 9.38. The zero-order chi connectivity index (χ0) is 22.6. The van der Waals surface area contributed by atoms with Crippen molar-refractivity contribution in [3.05, 3.63) is 54.1 Å². The van der Waals surface area contributed by atoms with E-state index in [-0.39, 0.29) is 16.2 Å². The molecule has 1 amide bonds. The minimum atomic E-state index is -3.56. The van der Waals surface area contributed by atoms with E-state index in [4.69, 9.17) is 9.47 Å². The molecule has 1 N–H and O–H groups in total. The van der Waals surface area contributed by atoms with Crippen LogP contribution in [-0.2, 0) is 25.0 Å². The topological polar surface area (TPSA) is 84.9 Å². The molecule has 7 nitrogen and oxygen atoms in total. The maximum Gasteiger partial charge on any atom is 0.265 e. The number of benzene rings is 2. The van der Waals surface area contributed by atoms with Crippen molar-refractivity contribution in [2.45, 2.75) is 44.1 Å². The van der Waals surface area contributed by atoms with Crippen molar-refractivity contribution in [2.75, 3.05) is 31.6 Å². The summed E-state index contributed by atoms with van der Waals surface area (Å²) < 4.78 is 37.7. The summed E-state index contributed by atoms with van der Waals surface area (Å²) in [6, 6.07) is 13.9. The van der Waals surface area contributed by atoms with Crippen LogP contribution in [0.5, 0.6) is 5.75 Å². The molecule has 0 radical (unpaired) electrons. The van der Waals surface area contributed by atoms with E-state index in [0.29, 0.717) is 37.7 Å². The van der Waals surface area contributed by atoms with Crippen LogP contribution in [0.1, 0.15) is 33.3 Å². The molecule has 0 bridgehead atoms. The Labute approximate surface area is 184 Å². The molecule has 1 fully saturated rings. The summed E-state index contributed by atoms with van der Waals surface area (Å²) in [5.41, 5.74) is 1.73. The summed E-state index contributed by atoms with van der Waals surface area (Å²) in [7, 11) is -3.56. The van der Waals surface area contributed by atoms with E-state index < -0.39 is 16.1 Å². The Balaban J connectivity index is 1.59. The predicted octanol–water partition coefficient (Wildman–Crippen LogP) is 3.41. The summed E-state index contributed by atoms with van der Waals surface area (Å²) >= 11 is 0. The zero-order valence-corrected chi connectivity index (χ0v) is 19.2. The van der Waals surface area contributed by atoms with Crippen molar-refractivity contribution >= 4 is 21.6 Å². The molecule has 1 aliphatic heterocycles. The molecule has 0 aliphatic carbocycles. The lowest BCUT2D eigenvalue weighted by Gasteiger charge is -2.26. The summed E-state index contributed by atoms with van der Waals surface area (Å²) in [6.07, 6.45) is -0.711. The predicted molar refractivity (Wildman–Crippen MR) is 120 cm³/mol. The van der Waals surface area contributed by atoms with Gasteiger partial charge in [-0.1, -0.05) is 32.9 Å². The van der Waals surface area contributed by atoms with E-state index in [1.54, 1.807) is 19.1 Å². The van der Waals surface area contributed by atoms with E-state index in [9.17, 15) is 13.2 Å². The summed E-state index contributed by atoms with van der Waals surface area (Å²) in [4.78, 5) is 12.7. The van der Waals surface area contributed by atoms with Crippen LogP contribution in [0, 0.1) is 0 Å². The van der Waals surface area contributed by atoms with Crippen LogP contribution in [0.15, 0.2) is 53.4 Å². The van der Waals surface area contributed by atoms with Crippen molar-refractivity contribution in [1.82, 2.24) is 4.31 Å². The number of hydrogen-bond donors (Lipinski definition) is 1. The third-order valence-electron chi connectivity index (χ3n) is 5.13. The number of nitrogens with zero attached hydrogens (tertiary/aromatic N) is 1. The molecular weight excluding hydrogens is 416 g/mol. The molecule has 1 heterocycles. The lowest BCUT2D eigenvalue weighted by molar-refractivity contribution is -0.122. The standard InChI is InChI=1S/C23H30N2O5S/c1-17(30-20-9-5-18(6-10-20)23(2,3)4)22(26)24-19-7-11-21(12-8-19)31(27,28)25-13-15-29-16-14-25/h5-12,17H,13-16H2,1-4H3,(H,24,26). The molecule has 0 spiro atoms. The highest BCUT2D eigenvalue weighted by molar-refractivity contribution is 7.89. The summed E-state index contributed by atoms with van der Waals surface area (Å²) in [5, 5.41) is 2.76. The van der Waals surface area contributed by atoms with Gasteiger partial charge in [-0.2, -0.15) is 4.31 Å². The minimum Gasteiger partial charge on any atom is -0.481 e. The second-order valence-electron chi connectivity index (χ2n) is 8.56. The average Bonchev–Trinajstić information content (AvgIpc) is 2.74. The first-order chi connectivity index (χ1) is 14.6. The van der Waals surface area contributed by atoms with Gasteiger partial charge in [0.1, 0.15) is 5.75 Å². The van der Waals surface area contributed by atoms with Crippen molar-refractivity contribution in [3.8, 4) is 5.75 Å². The van der Waals surface area contributed by atoms with Gasteiger partial charge in [-0.3, -0.25) is 4.79 Å². The van der Waals surface area contributed by atoms with Crippen molar-refractivity contribution in [3.63, 3.8) is 0 Å². The molecule has 8 heteroatoms. The third-order valence-corrected chi connectivity index (χ3v) is 7.04. The van der Waals surface area contributed by atoms with Crippen LogP contribution in [0.25, 0.3) is 0 Å². The van der Waals surface area contributed by atoms with Crippen molar-refractivity contribution in [1.29, 1.82) is 0 Å². The van der Waals surface area contributed by atoms with Gasteiger partial charge in [-0.25, -0.2) is 8.42 Å². The molecule has 3 rings (SSSR count). The number of anilines is 1. The van der Waals surface area contributed by atoms with Crippen LogP contribution in [0.3, 0.4) is 0 Å². The first-order valence-electron chi connectivity index (χ1n) is 10.3. The number of sulfonamides is 1. The van der Waals surface area contributed by atoms with Gasteiger partial charge < -0.3 is 14.8 Å². The Morgan fingerprint density at radius 1 is 1.03 bits per heavy atom. The van der Waals surface area contributed by atoms with E-state index in [2.05, 4.69) is 26.1 Å². The molecule has 0 saturated carbocycles. The van der Waals surface area contributed by atoms with Gasteiger partial charge in [-0.15, -0.1) is 0 Å². The van der Waals surface area contributed by atoms with Crippen LogP contribution in [-0.4, -0.2) is 51.0 Å². The number of amides is 1. The molecule has 0 aromatic heterocycles. The Morgan fingerprint density at radius 3 is 2.16 bits per heavy atom. The molecule has 168 valence electrons. The lowest BCUT2D eigenvalue weighted by atomic mass is 9.87. The van der Waals surface area contributed by atoms with Gasteiger partial charge in [0, 0.05) is 18.8 Å². The van der Waals surface area contributed by atoms with Crippen LogP contribution >= 0.6 is 0 Å². The molecule has 1 unspecified atom stereocenters. The number of carbonyl (C=O) groups excluding carboxylic acids is 1. The van der Waals surface area contributed by atoms with Gasteiger partial charge in [0.05, 0.1) is 18.1 Å². The average molecular weight is 447 g/mol. The molecule has 1 aliphatic rings. The smallest absolute Gasteiger partial charge is 0.265 e. The third kappa shape index (κ3) is 5.84. The molecule has 31 heavy (non-hydrogen) atoms. The molecule has 2 aromatic rings. The largest absolute Gasteiger partial charge is 0.481 e. The van der Waals surface area contributed by atoms with E-state index in [1.807, 2.05) is 24.3 Å². The van der Waals surface area contributed by atoms with Gasteiger partial charge in [0.15, 0.2) is 6.10 Å². The first-order valence-corrected chi connectivity index (χ1v) is 11.8. The first kappa shape index (κ1) is 23.2. The molecule has 2 aromatic carbocycles. The quantitative estimate of drug-likeness (QED) is 0.735. The highest BCUT2D eigenvalue weighted by Crippen LogP contribution is 2.25. The molecule has 1 atom stereocenters. The second-order valence-corrected chi connectivity index (χ2v) is 10.5. The monoisotopic (exact) mass is 446 g/mol. The van der Waals surface area contributed by atoms with Gasteiger partial charge in [0.25, 0.3) is 5.91 Å². The normalized spacial score (nSPS) is 16.5. The van der Waals surface area contributed by atoms with E-state index in [0.717, 1.165) is 0 Å². The summed E-state index contributed by atoms with van der Waals surface area (Å²) in [5.74, 6) is 0.297. The van der Waals surface area contributed by atoms with E-state index in [1.165, 1.54) is 22.0 Å². The Morgan fingerprint density at radius 2 is 1.61 bits per heavy atom. The van der Waals surface area contributed by atoms with Crippen molar-refractivity contribution in [2.24, 2.45) is 0 Å². The van der Waals surface area contributed by atoms with Crippen molar-refractivity contribution < 1.29 is 22.7 Å². The Bertz CT molecular complexity index is 990. The maximum atomic E-state index is 12.7. The van der Waals surface area contributed by atoms with Gasteiger partial charge in [0.2, 0.25) is 10.0 Å². The van der Waals surface area contributed by atoms with Crippen LogP contribution in [0.2, 0.25) is 0 Å². The number of ether oxygens (including phenoxy) is 2. The number of nitrogens with one attached hydrogen (secondary N) is 1. The highest BCUT2D eigenvalue weighted by Gasteiger charge is 2.26. The summed E-state index contributed by atoms with van der Waals surface area (Å²) in [6.45, 7) is 9.54. The SMILES string of the molecule is CC(Oc1ccc(C(C)(C)C)cc1)C(=O)Nc1ccc(S(=O)(=O)N2CCOCC2)cc1. The highest BCUT2D eigenvalue weighted by atomic mass is 32.2. The molecule has 1 saturated heterocycles. The lowest BCUT2D eigenvalue weighted by Crippen LogP contribution is -2.40. The van der Waals surface area contributed by atoms with Gasteiger partial charge >= 0.3 is 0 Å². The number of rotatable bonds is 6. The fraction of sp³-hybridized carbons (Fsp3) is 0.435. The number of hydrogen-bond acceptors (Lipinski definition) is 5. The van der Waals surface area contributed by atoms with Gasteiger partial charge in [-0.05, 0) is 54.3 Å². The van der Waals surface area contributed by atoms with Crippen LogP contribution in [0.4, 0.5) is 5.69 Å². The fourth-order valence-corrected chi connectivity index (χ4v) is 4.59. The Hall–Kier alpha value is -2.42. The Kier molecular flexibility index (Phi) is 7.03. The minimum absolute atomic E-state index is 0.0446. The number of carbonyl (C=O) groups is 1. The van der Waals surface area contributed by atoms with E-state index >= 15 is 0 Å². The number of morpholine rings is 1. The fourth-order valence-electron chi connectivity index (χ4n) is 3.18. The van der Waals surface area contributed by atoms with Crippen LogP contribution < -0.4 is 10.1 Å². The maximum absolute atomic E-state index is 12.7.